The molecule has 2 N–H and O–H groups in total. The molecule has 7 nitrogen and oxygen atoms in total. The number of benzene rings is 2. The van der Waals surface area contributed by atoms with E-state index in [1.807, 2.05) is 6.92 Å². The SMILES string of the molecule is CCCNC(=O)c1cccc(NC(=O)CCc2nc(-c3ccc(F)cc3)no2)c1. The van der Waals surface area contributed by atoms with Crippen molar-refractivity contribution in [2.45, 2.75) is 26.2 Å². The minimum atomic E-state index is -0.346. The summed E-state index contributed by atoms with van der Waals surface area (Å²) in [5, 5.41) is 9.40. The molecule has 0 spiro atoms. The Hall–Kier alpha value is -3.55. The molecule has 0 radical (unpaired) electrons. The van der Waals surface area contributed by atoms with Gasteiger partial charge in [0.2, 0.25) is 17.6 Å². The number of hydrogen-bond donors (Lipinski definition) is 2. The Morgan fingerprint density at radius 3 is 2.69 bits per heavy atom. The molecule has 2 amide bonds. The summed E-state index contributed by atoms with van der Waals surface area (Å²) in [6.45, 7) is 2.57. The van der Waals surface area contributed by atoms with Gasteiger partial charge in [-0.05, 0) is 48.9 Å². The number of halogens is 1. The van der Waals surface area contributed by atoms with E-state index in [1.54, 1.807) is 36.4 Å². The summed E-state index contributed by atoms with van der Waals surface area (Å²) in [6, 6.07) is 12.5. The Morgan fingerprint density at radius 2 is 1.93 bits per heavy atom. The number of nitrogens with zero attached hydrogens (tertiary/aromatic N) is 2. The van der Waals surface area contributed by atoms with Gasteiger partial charge in [-0.1, -0.05) is 18.1 Å². The molecule has 2 aromatic carbocycles. The first-order valence-corrected chi connectivity index (χ1v) is 9.32. The van der Waals surface area contributed by atoms with E-state index < -0.39 is 0 Å². The summed E-state index contributed by atoms with van der Waals surface area (Å²) >= 11 is 0. The highest BCUT2D eigenvalue weighted by Crippen LogP contribution is 2.17. The van der Waals surface area contributed by atoms with Crippen LogP contribution in [0.25, 0.3) is 11.4 Å². The highest BCUT2D eigenvalue weighted by Gasteiger charge is 2.12. The third kappa shape index (κ3) is 5.71. The van der Waals surface area contributed by atoms with E-state index in [0.29, 0.717) is 35.1 Å². The summed E-state index contributed by atoms with van der Waals surface area (Å²) in [5.41, 5.74) is 1.65. The van der Waals surface area contributed by atoms with Crippen molar-refractivity contribution < 1.29 is 18.5 Å². The normalized spacial score (nSPS) is 10.6. The van der Waals surface area contributed by atoms with Crippen LogP contribution >= 0.6 is 0 Å². The molecule has 3 rings (SSSR count). The van der Waals surface area contributed by atoms with Crippen molar-refractivity contribution in [3.63, 3.8) is 0 Å². The van der Waals surface area contributed by atoms with Crippen LogP contribution in [0.5, 0.6) is 0 Å². The average Bonchev–Trinajstić information content (AvgIpc) is 3.20. The van der Waals surface area contributed by atoms with E-state index in [4.69, 9.17) is 4.52 Å². The first-order valence-electron chi connectivity index (χ1n) is 9.32. The van der Waals surface area contributed by atoms with Crippen LogP contribution in [0.4, 0.5) is 10.1 Å². The second-order valence-corrected chi connectivity index (χ2v) is 6.40. The van der Waals surface area contributed by atoms with Crippen molar-refractivity contribution in [1.82, 2.24) is 15.5 Å². The molecular formula is C21H21FN4O3. The Labute approximate surface area is 167 Å². The summed E-state index contributed by atoms with van der Waals surface area (Å²) in [5.74, 6) is -0.112. The molecule has 29 heavy (non-hydrogen) atoms. The van der Waals surface area contributed by atoms with Crippen LogP contribution < -0.4 is 10.6 Å². The highest BCUT2D eigenvalue weighted by molar-refractivity contribution is 5.97. The van der Waals surface area contributed by atoms with E-state index in [9.17, 15) is 14.0 Å². The summed E-state index contributed by atoms with van der Waals surface area (Å²) in [7, 11) is 0. The van der Waals surface area contributed by atoms with Crippen LogP contribution in [-0.4, -0.2) is 28.5 Å². The van der Waals surface area contributed by atoms with Gasteiger partial charge < -0.3 is 15.2 Å². The Kier molecular flexibility index (Phi) is 6.67. The predicted molar refractivity (Wildman–Crippen MR) is 106 cm³/mol. The minimum Gasteiger partial charge on any atom is -0.352 e. The number of aromatic nitrogens is 2. The van der Waals surface area contributed by atoms with Gasteiger partial charge in [-0.3, -0.25) is 9.59 Å². The van der Waals surface area contributed by atoms with Crippen molar-refractivity contribution in [2.75, 3.05) is 11.9 Å². The molecule has 1 heterocycles. The van der Waals surface area contributed by atoms with Crippen LogP contribution in [-0.2, 0) is 11.2 Å². The number of nitrogens with one attached hydrogen (secondary N) is 2. The van der Waals surface area contributed by atoms with Gasteiger partial charge in [0, 0.05) is 36.2 Å². The summed E-state index contributed by atoms with van der Waals surface area (Å²) < 4.78 is 18.1. The van der Waals surface area contributed by atoms with Crippen LogP contribution in [0.3, 0.4) is 0 Å². The molecule has 0 atom stereocenters. The molecule has 0 aliphatic carbocycles. The number of rotatable bonds is 8. The monoisotopic (exact) mass is 396 g/mol. The first-order chi connectivity index (χ1) is 14.0. The van der Waals surface area contributed by atoms with Crippen LogP contribution in [0.15, 0.2) is 53.1 Å². The fourth-order valence-corrected chi connectivity index (χ4v) is 2.60. The van der Waals surface area contributed by atoms with E-state index in [0.717, 1.165) is 6.42 Å². The third-order valence-corrected chi connectivity index (χ3v) is 4.08. The van der Waals surface area contributed by atoms with Crippen molar-refractivity contribution in [3.05, 3.63) is 65.8 Å². The molecule has 0 unspecified atom stereocenters. The number of carbonyl (C=O) groups excluding carboxylic acids is 2. The molecule has 3 aromatic rings. The Balaban J connectivity index is 1.54. The van der Waals surface area contributed by atoms with Crippen molar-refractivity contribution in [1.29, 1.82) is 0 Å². The number of amides is 2. The second kappa shape index (κ2) is 9.59. The molecule has 8 heteroatoms. The maximum absolute atomic E-state index is 13.0. The van der Waals surface area contributed by atoms with E-state index in [1.165, 1.54) is 12.1 Å². The zero-order chi connectivity index (χ0) is 20.6. The van der Waals surface area contributed by atoms with Gasteiger partial charge in [0.05, 0.1) is 0 Å². The number of aryl methyl sites for hydroxylation is 1. The molecule has 0 aliphatic heterocycles. The van der Waals surface area contributed by atoms with Crippen LogP contribution in [0.2, 0.25) is 0 Å². The van der Waals surface area contributed by atoms with Gasteiger partial charge in [0.1, 0.15) is 5.82 Å². The Morgan fingerprint density at radius 1 is 1.14 bits per heavy atom. The van der Waals surface area contributed by atoms with Crippen LogP contribution in [0.1, 0.15) is 36.0 Å². The van der Waals surface area contributed by atoms with E-state index in [-0.39, 0.29) is 30.5 Å². The van der Waals surface area contributed by atoms with Crippen molar-refractivity contribution in [3.8, 4) is 11.4 Å². The van der Waals surface area contributed by atoms with Crippen molar-refractivity contribution >= 4 is 17.5 Å². The molecule has 0 saturated carbocycles. The zero-order valence-electron chi connectivity index (χ0n) is 15.9. The largest absolute Gasteiger partial charge is 0.352 e. The lowest BCUT2D eigenvalue weighted by atomic mass is 10.2. The third-order valence-electron chi connectivity index (χ3n) is 4.08. The first kappa shape index (κ1) is 20.2. The van der Waals surface area contributed by atoms with Gasteiger partial charge in [-0.15, -0.1) is 0 Å². The summed E-state index contributed by atoms with van der Waals surface area (Å²) in [6.07, 6.45) is 1.24. The zero-order valence-corrected chi connectivity index (χ0v) is 15.9. The molecule has 0 bridgehead atoms. The molecular weight excluding hydrogens is 375 g/mol. The number of carbonyl (C=O) groups is 2. The average molecular weight is 396 g/mol. The molecule has 150 valence electrons. The van der Waals surface area contributed by atoms with Crippen molar-refractivity contribution in [2.24, 2.45) is 0 Å². The maximum atomic E-state index is 13.0. The quantitative estimate of drug-likeness (QED) is 0.607. The highest BCUT2D eigenvalue weighted by atomic mass is 19.1. The smallest absolute Gasteiger partial charge is 0.251 e. The summed E-state index contributed by atoms with van der Waals surface area (Å²) in [4.78, 5) is 28.4. The van der Waals surface area contributed by atoms with Gasteiger partial charge in [-0.25, -0.2) is 4.39 Å². The fourth-order valence-electron chi connectivity index (χ4n) is 2.60. The van der Waals surface area contributed by atoms with Gasteiger partial charge >= 0.3 is 0 Å². The lowest BCUT2D eigenvalue weighted by Gasteiger charge is -2.07. The fraction of sp³-hybridized carbons (Fsp3) is 0.238. The lowest BCUT2D eigenvalue weighted by Crippen LogP contribution is -2.24. The van der Waals surface area contributed by atoms with E-state index in [2.05, 4.69) is 20.8 Å². The number of hydrogen-bond acceptors (Lipinski definition) is 5. The second-order valence-electron chi connectivity index (χ2n) is 6.40. The predicted octanol–water partition coefficient (Wildman–Crippen LogP) is 3.59. The number of anilines is 1. The molecule has 0 aliphatic rings. The van der Waals surface area contributed by atoms with Gasteiger partial charge in [0.25, 0.3) is 5.91 Å². The molecule has 0 fully saturated rings. The van der Waals surface area contributed by atoms with Gasteiger partial charge in [-0.2, -0.15) is 4.98 Å². The standard InChI is InChI=1S/C21H21FN4O3/c1-2-12-23-21(28)15-4-3-5-17(13-15)24-18(27)10-11-19-25-20(26-29-19)14-6-8-16(22)9-7-14/h3-9,13H,2,10-12H2,1H3,(H,23,28)(H,24,27). The molecule has 1 aromatic heterocycles. The lowest BCUT2D eigenvalue weighted by molar-refractivity contribution is -0.116. The van der Waals surface area contributed by atoms with Crippen LogP contribution in [0, 0.1) is 5.82 Å². The topological polar surface area (TPSA) is 97.1 Å². The molecule has 0 saturated heterocycles. The minimum absolute atomic E-state index is 0.136. The van der Waals surface area contributed by atoms with Gasteiger partial charge in [0.15, 0.2) is 0 Å². The Bertz CT molecular complexity index is 986. The maximum Gasteiger partial charge on any atom is 0.251 e. The van der Waals surface area contributed by atoms with E-state index >= 15 is 0 Å².